The molecule has 4 aromatic rings. The summed E-state index contributed by atoms with van der Waals surface area (Å²) in [4.78, 5) is 16.2. The van der Waals surface area contributed by atoms with Gasteiger partial charge < -0.3 is 5.73 Å². The number of aryl methyl sites for hydroxylation is 1. The van der Waals surface area contributed by atoms with Gasteiger partial charge in [-0.15, -0.1) is 0 Å². The molecule has 0 aliphatic carbocycles. The Balaban J connectivity index is 1.85. The van der Waals surface area contributed by atoms with Crippen molar-refractivity contribution in [1.82, 2.24) is 14.8 Å². The van der Waals surface area contributed by atoms with Gasteiger partial charge in [0.25, 0.3) is 5.91 Å². The topological polar surface area (TPSA) is 73.8 Å². The molecule has 0 spiro atoms. The summed E-state index contributed by atoms with van der Waals surface area (Å²) in [6, 6.07) is 13.7. The van der Waals surface area contributed by atoms with Gasteiger partial charge in [-0.25, -0.2) is 9.37 Å². The van der Waals surface area contributed by atoms with Crippen LogP contribution in [0, 0.1) is 5.82 Å². The lowest BCUT2D eigenvalue weighted by molar-refractivity contribution is 0.0996. The Morgan fingerprint density at radius 3 is 2.56 bits per heavy atom. The van der Waals surface area contributed by atoms with E-state index in [1.807, 2.05) is 37.6 Å². The van der Waals surface area contributed by atoms with Gasteiger partial charge in [0.05, 0.1) is 11.7 Å². The summed E-state index contributed by atoms with van der Waals surface area (Å²) < 4.78 is 15.0. The Morgan fingerprint density at radius 2 is 1.89 bits per heavy atom. The molecule has 134 valence electrons. The third-order valence-electron chi connectivity index (χ3n) is 4.45. The first-order valence-corrected chi connectivity index (χ1v) is 8.46. The molecule has 0 unspecified atom stereocenters. The molecule has 5 nitrogen and oxygen atoms in total. The van der Waals surface area contributed by atoms with Crippen LogP contribution in [0.3, 0.4) is 0 Å². The van der Waals surface area contributed by atoms with Gasteiger partial charge in [-0.2, -0.15) is 5.10 Å². The lowest BCUT2D eigenvalue weighted by Gasteiger charge is -2.10. The zero-order chi connectivity index (χ0) is 19.0. The van der Waals surface area contributed by atoms with E-state index in [2.05, 4.69) is 10.1 Å². The van der Waals surface area contributed by atoms with E-state index in [1.54, 1.807) is 22.9 Å². The number of carbonyl (C=O) groups excluding carboxylic acids is 1. The number of primary amides is 1. The first-order chi connectivity index (χ1) is 13.0. The molecule has 0 radical (unpaired) electrons. The van der Waals surface area contributed by atoms with E-state index in [9.17, 15) is 9.18 Å². The molecule has 2 aromatic carbocycles. The SMILES string of the molecule is Cn1cc(Cc2ccc3c(-c4ccc(F)cc4)cc(C(N)=O)nc3c2)cn1. The molecule has 2 aromatic heterocycles. The third kappa shape index (κ3) is 3.42. The minimum atomic E-state index is -0.599. The number of nitrogens with zero attached hydrogens (tertiary/aromatic N) is 3. The fraction of sp³-hybridized carbons (Fsp3) is 0.0952. The summed E-state index contributed by atoms with van der Waals surface area (Å²) in [7, 11) is 1.87. The van der Waals surface area contributed by atoms with Crippen LogP contribution in [0.25, 0.3) is 22.0 Å². The number of fused-ring (bicyclic) bond motifs is 1. The number of hydrogen-bond acceptors (Lipinski definition) is 3. The Labute approximate surface area is 155 Å². The first-order valence-electron chi connectivity index (χ1n) is 8.46. The Kier molecular flexibility index (Phi) is 4.16. The van der Waals surface area contributed by atoms with Crippen LogP contribution in [0.5, 0.6) is 0 Å². The molecule has 0 saturated heterocycles. The molecule has 4 rings (SSSR count). The van der Waals surface area contributed by atoms with E-state index >= 15 is 0 Å². The van der Waals surface area contributed by atoms with Crippen LogP contribution < -0.4 is 5.73 Å². The monoisotopic (exact) mass is 360 g/mol. The van der Waals surface area contributed by atoms with Gasteiger partial charge >= 0.3 is 0 Å². The molecule has 27 heavy (non-hydrogen) atoms. The van der Waals surface area contributed by atoms with E-state index in [0.717, 1.165) is 27.6 Å². The zero-order valence-electron chi connectivity index (χ0n) is 14.7. The van der Waals surface area contributed by atoms with Gasteiger partial charge in [0.2, 0.25) is 0 Å². The lowest BCUT2D eigenvalue weighted by atomic mass is 9.97. The number of benzene rings is 2. The number of pyridine rings is 1. The van der Waals surface area contributed by atoms with Crippen LogP contribution in [0.15, 0.2) is 60.9 Å². The largest absolute Gasteiger partial charge is 0.364 e. The number of nitrogens with two attached hydrogens (primary N) is 1. The van der Waals surface area contributed by atoms with Crippen LogP contribution in [-0.2, 0) is 13.5 Å². The molecule has 0 bridgehead atoms. The molecule has 0 aliphatic heterocycles. The number of carbonyl (C=O) groups is 1. The van der Waals surface area contributed by atoms with Crippen LogP contribution in [0.2, 0.25) is 0 Å². The second kappa shape index (κ2) is 6.64. The van der Waals surface area contributed by atoms with Crippen molar-refractivity contribution < 1.29 is 9.18 Å². The Morgan fingerprint density at radius 1 is 1.11 bits per heavy atom. The number of hydrogen-bond donors (Lipinski definition) is 1. The maximum atomic E-state index is 13.3. The fourth-order valence-electron chi connectivity index (χ4n) is 3.18. The highest BCUT2D eigenvalue weighted by atomic mass is 19.1. The molecule has 0 atom stereocenters. The van der Waals surface area contributed by atoms with Crippen molar-refractivity contribution in [2.75, 3.05) is 0 Å². The lowest BCUT2D eigenvalue weighted by Crippen LogP contribution is -2.13. The van der Waals surface area contributed by atoms with Crippen molar-refractivity contribution in [1.29, 1.82) is 0 Å². The van der Waals surface area contributed by atoms with Gasteiger partial charge in [0.15, 0.2) is 0 Å². The molecular weight excluding hydrogens is 343 g/mol. The highest BCUT2D eigenvalue weighted by Gasteiger charge is 2.12. The predicted molar refractivity (Wildman–Crippen MR) is 102 cm³/mol. The quantitative estimate of drug-likeness (QED) is 0.606. The molecular formula is C21H17FN4O. The second-order valence-electron chi connectivity index (χ2n) is 6.48. The molecule has 0 aliphatic rings. The summed E-state index contributed by atoms with van der Waals surface area (Å²) in [5, 5.41) is 5.06. The third-order valence-corrected chi connectivity index (χ3v) is 4.45. The van der Waals surface area contributed by atoms with Crippen molar-refractivity contribution in [3.63, 3.8) is 0 Å². The van der Waals surface area contributed by atoms with Crippen molar-refractivity contribution in [2.24, 2.45) is 12.8 Å². The van der Waals surface area contributed by atoms with E-state index in [4.69, 9.17) is 5.73 Å². The van der Waals surface area contributed by atoms with Gasteiger partial charge in [0.1, 0.15) is 11.5 Å². The van der Waals surface area contributed by atoms with Crippen LogP contribution in [0.4, 0.5) is 4.39 Å². The zero-order valence-corrected chi connectivity index (χ0v) is 14.7. The van der Waals surface area contributed by atoms with Crippen LogP contribution >= 0.6 is 0 Å². The maximum absolute atomic E-state index is 13.3. The normalized spacial score (nSPS) is 11.0. The summed E-state index contributed by atoms with van der Waals surface area (Å²) in [6.45, 7) is 0. The highest BCUT2D eigenvalue weighted by Crippen LogP contribution is 2.30. The minimum Gasteiger partial charge on any atom is -0.364 e. The number of rotatable bonds is 4. The van der Waals surface area contributed by atoms with E-state index in [-0.39, 0.29) is 11.5 Å². The van der Waals surface area contributed by atoms with E-state index < -0.39 is 5.91 Å². The Hall–Kier alpha value is -3.54. The average molecular weight is 360 g/mol. The van der Waals surface area contributed by atoms with E-state index in [1.165, 1.54) is 12.1 Å². The summed E-state index contributed by atoms with van der Waals surface area (Å²) >= 11 is 0. The van der Waals surface area contributed by atoms with Crippen LogP contribution in [-0.4, -0.2) is 20.7 Å². The molecule has 2 N–H and O–H groups in total. The number of amides is 1. The van der Waals surface area contributed by atoms with Gasteiger partial charge in [-0.05, 0) is 46.5 Å². The minimum absolute atomic E-state index is 0.181. The molecule has 6 heteroatoms. The van der Waals surface area contributed by atoms with Gasteiger partial charge in [0, 0.05) is 25.1 Å². The average Bonchev–Trinajstić information content (AvgIpc) is 3.06. The van der Waals surface area contributed by atoms with Gasteiger partial charge in [-0.1, -0.05) is 24.3 Å². The standard InChI is InChI=1S/C21H17FN4O/c1-26-12-14(11-24-26)8-13-2-7-17-18(15-3-5-16(22)6-4-15)10-20(21(23)27)25-19(17)9-13/h2-7,9-12H,8H2,1H3,(H2,23,27). The fourth-order valence-corrected chi connectivity index (χ4v) is 3.18. The predicted octanol–water partition coefficient (Wildman–Crippen LogP) is 3.46. The number of aromatic nitrogens is 3. The van der Waals surface area contributed by atoms with Crippen molar-refractivity contribution in [2.45, 2.75) is 6.42 Å². The van der Waals surface area contributed by atoms with Crippen LogP contribution in [0.1, 0.15) is 21.6 Å². The van der Waals surface area contributed by atoms with Gasteiger partial charge in [-0.3, -0.25) is 9.48 Å². The summed E-state index contributed by atoms with van der Waals surface area (Å²) in [5.74, 6) is -0.913. The maximum Gasteiger partial charge on any atom is 0.267 e. The molecule has 0 fully saturated rings. The first kappa shape index (κ1) is 16.9. The number of halogens is 1. The smallest absolute Gasteiger partial charge is 0.267 e. The van der Waals surface area contributed by atoms with Crippen molar-refractivity contribution >= 4 is 16.8 Å². The molecule has 1 amide bonds. The van der Waals surface area contributed by atoms with Crippen molar-refractivity contribution in [3.8, 4) is 11.1 Å². The van der Waals surface area contributed by atoms with Crippen molar-refractivity contribution in [3.05, 3.63) is 83.6 Å². The van der Waals surface area contributed by atoms with E-state index in [0.29, 0.717) is 11.9 Å². The molecule has 0 saturated carbocycles. The second-order valence-corrected chi connectivity index (χ2v) is 6.48. The summed E-state index contributed by atoms with van der Waals surface area (Å²) in [6.07, 6.45) is 4.49. The highest BCUT2D eigenvalue weighted by molar-refractivity contribution is 6.00. The summed E-state index contributed by atoms with van der Waals surface area (Å²) in [5.41, 5.74) is 10.0. The Bertz CT molecular complexity index is 1150. The molecule has 2 heterocycles.